The van der Waals surface area contributed by atoms with Gasteiger partial charge in [0.2, 0.25) is 5.91 Å². The van der Waals surface area contributed by atoms with E-state index in [0.29, 0.717) is 17.2 Å². The number of aryl methyl sites for hydroxylation is 2. The molecule has 2 rings (SSSR count). The lowest BCUT2D eigenvalue weighted by Crippen LogP contribution is -2.19. The molecule has 0 atom stereocenters. The molecular weight excluding hydrogens is 282 g/mol. The first-order chi connectivity index (χ1) is 9.52. The Morgan fingerprint density at radius 2 is 2.30 bits per heavy atom. The molecule has 9 heteroatoms. The van der Waals surface area contributed by atoms with Crippen molar-refractivity contribution < 1.29 is 14.7 Å². The van der Waals surface area contributed by atoms with Crippen LogP contribution < -0.4 is 5.32 Å². The van der Waals surface area contributed by atoms with Crippen LogP contribution in [0, 0.1) is 6.92 Å². The average molecular weight is 295 g/mol. The molecule has 0 saturated heterocycles. The molecule has 0 aliphatic heterocycles. The Morgan fingerprint density at radius 1 is 1.50 bits per heavy atom. The molecule has 0 unspecified atom stereocenters. The van der Waals surface area contributed by atoms with Crippen LogP contribution in [-0.2, 0) is 22.6 Å². The lowest BCUT2D eigenvalue weighted by atomic mass is 10.2. The van der Waals surface area contributed by atoms with Gasteiger partial charge in [-0.1, -0.05) is 5.21 Å². The van der Waals surface area contributed by atoms with Gasteiger partial charge in [0, 0.05) is 18.0 Å². The molecule has 0 spiro atoms. The SMILES string of the molecule is Cc1csc(NC(=O)Cn2cc(CCC(=O)O)nn2)n1. The smallest absolute Gasteiger partial charge is 0.303 e. The number of hydrogen-bond acceptors (Lipinski definition) is 6. The van der Waals surface area contributed by atoms with Gasteiger partial charge in [0.1, 0.15) is 6.54 Å². The van der Waals surface area contributed by atoms with Crippen molar-refractivity contribution >= 4 is 28.3 Å². The minimum absolute atomic E-state index is 0.0106. The summed E-state index contributed by atoms with van der Waals surface area (Å²) in [5, 5.41) is 21.2. The van der Waals surface area contributed by atoms with Crippen LogP contribution in [-0.4, -0.2) is 37.0 Å². The summed E-state index contributed by atoms with van der Waals surface area (Å²) in [7, 11) is 0. The number of carboxylic acids is 1. The summed E-state index contributed by atoms with van der Waals surface area (Å²) < 4.78 is 1.37. The topological polar surface area (TPSA) is 110 Å². The summed E-state index contributed by atoms with van der Waals surface area (Å²) in [6, 6.07) is 0. The zero-order valence-corrected chi connectivity index (χ0v) is 11.6. The predicted octanol–water partition coefficient (Wildman–Crippen LogP) is 0.699. The summed E-state index contributed by atoms with van der Waals surface area (Å²) in [4.78, 5) is 26.3. The summed E-state index contributed by atoms with van der Waals surface area (Å²) >= 11 is 1.35. The third kappa shape index (κ3) is 4.12. The molecule has 1 amide bonds. The van der Waals surface area contributed by atoms with Crippen molar-refractivity contribution in [3.63, 3.8) is 0 Å². The molecule has 0 aromatic carbocycles. The Balaban J connectivity index is 1.86. The van der Waals surface area contributed by atoms with Gasteiger partial charge in [-0.25, -0.2) is 9.67 Å². The van der Waals surface area contributed by atoms with E-state index in [2.05, 4.69) is 20.6 Å². The molecule has 2 aromatic rings. The number of carbonyl (C=O) groups excluding carboxylic acids is 1. The molecule has 2 heterocycles. The van der Waals surface area contributed by atoms with E-state index in [-0.39, 0.29) is 18.9 Å². The van der Waals surface area contributed by atoms with Crippen LogP contribution in [0.3, 0.4) is 0 Å². The highest BCUT2D eigenvalue weighted by Gasteiger charge is 2.09. The molecule has 2 aromatic heterocycles. The Labute approximate surface area is 118 Å². The highest BCUT2D eigenvalue weighted by atomic mass is 32.1. The first-order valence-corrected chi connectivity index (χ1v) is 6.73. The highest BCUT2D eigenvalue weighted by Crippen LogP contribution is 2.14. The van der Waals surface area contributed by atoms with E-state index in [1.54, 1.807) is 6.20 Å². The second-order valence-corrected chi connectivity index (χ2v) is 5.00. The molecule has 106 valence electrons. The van der Waals surface area contributed by atoms with Gasteiger partial charge in [0.15, 0.2) is 5.13 Å². The van der Waals surface area contributed by atoms with Gasteiger partial charge in [-0.15, -0.1) is 16.4 Å². The summed E-state index contributed by atoms with van der Waals surface area (Å²) in [6.07, 6.45) is 1.85. The van der Waals surface area contributed by atoms with E-state index in [1.165, 1.54) is 16.0 Å². The molecule has 20 heavy (non-hydrogen) atoms. The summed E-state index contributed by atoms with van der Waals surface area (Å²) in [5.74, 6) is -1.15. The molecule has 0 fully saturated rings. The van der Waals surface area contributed by atoms with E-state index < -0.39 is 5.97 Å². The maximum absolute atomic E-state index is 11.7. The summed E-state index contributed by atoms with van der Waals surface area (Å²) in [6.45, 7) is 1.86. The Kier molecular flexibility index (Phi) is 4.41. The molecule has 0 bridgehead atoms. The van der Waals surface area contributed by atoms with E-state index >= 15 is 0 Å². The van der Waals surface area contributed by atoms with Crippen molar-refractivity contribution in [3.8, 4) is 0 Å². The number of nitrogens with one attached hydrogen (secondary N) is 1. The minimum Gasteiger partial charge on any atom is -0.481 e. The number of aromatic nitrogens is 4. The first kappa shape index (κ1) is 14.1. The number of aliphatic carboxylic acids is 1. The van der Waals surface area contributed by atoms with Gasteiger partial charge in [-0.2, -0.15) is 0 Å². The number of rotatable bonds is 6. The molecule has 0 aliphatic rings. The van der Waals surface area contributed by atoms with Crippen LogP contribution in [0.25, 0.3) is 0 Å². The van der Waals surface area contributed by atoms with E-state index in [9.17, 15) is 9.59 Å². The number of anilines is 1. The molecular formula is C11H13N5O3S. The second-order valence-electron chi connectivity index (χ2n) is 4.14. The van der Waals surface area contributed by atoms with Crippen LogP contribution in [0.2, 0.25) is 0 Å². The fraction of sp³-hybridized carbons (Fsp3) is 0.364. The quantitative estimate of drug-likeness (QED) is 0.811. The number of carboxylic acid groups (broad SMARTS) is 1. The zero-order chi connectivity index (χ0) is 14.5. The van der Waals surface area contributed by atoms with Gasteiger partial charge in [0.25, 0.3) is 0 Å². The zero-order valence-electron chi connectivity index (χ0n) is 10.7. The number of hydrogen-bond donors (Lipinski definition) is 2. The number of thiazole rings is 1. The Morgan fingerprint density at radius 3 is 2.95 bits per heavy atom. The molecule has 2 N–H and O–H groups in total. The lowest BCUT2D eigenvalue weighted by molar-refractivity contribution is -0.137. The maximum Gasteiger partial charge on any atom is 0.303 e. The van der Waals surface area contributed by atoms with E-state index in [1.807, 2.05) is 12.3 Å². The van der Waals surface area contributed by atoms with Crippen molar-refractivity contribution in [2.24, 2.45) is 0 Å². The van der Waals surface area contributed by atoms with Crippen molar-refractivity contribution in [1.29, 1.82) is 0 Å². The Bertz CT molecular complexity index is 621. The molecule has 0 saturated carbocycles. The van der Waals surface area contributed by atoms with Crippen molar-refractivity contribution in [3.05, 3.63) is 23.0 Å². The number of carbonyl (C=O) groups is 2. The maximum atomic E-state index is 11.7. The van der Waals surface area contributed by atoms with E-state index in [0.717, 1.165) is 5.69 Å². The highest BCUT2D eigenvalue weighted by molar-refractivity contribution is 7.13. The minimum atomic E-state index is -0.892. The molecule has 0 aliphatic carbocycles. The van der Waals surface area contributed by atoms with Crippen LogP contribution in [0.5, 0.6) is 0 Å². The van der Waals surface area contributed by atoms with Gasteiger partial charge in [-0.05, 0) is 6.92 Å². The van der Waals surface area contributed by atoms with Crippen molar-refractivity contribution in [2.45, 2.75) is 26.3 Å². The van der Waals surface area contributed by atoms with Gasteiger partial charge in [-0.3, -0.25) is 9.59 Å². The van der Waals surface area contributed by atoms with Gasteiger partial charge < -0.3 is 10.4 Å². The number of amides is 1. The van der Waals surface area contributed by atoms with Crippen LogP contribution in [0.4, 0.5) is 5.13 Å². The molecule has 8 nitrogen and oxygen atoms in total. The summed E-state index contributed by atoms with van der Waals surface area (Å²) in [5.41, 5.74) is 1.40. The van der Waals surface area contributed by atoms with Gasteiger partial charge in [0.05, 0.1) is 17.8 Å². The third-order valence-corrected chi connectivity index (χ3v) is 3.23. The Hall–Kier alpha value is -2.29. The molecule has 0 radical (unpaired) electrons. The fourth-order valence-electron chi connectivity index (χ4n) is 1.48. The second kappa shape index (κ2) is 6.24. The van der Waals surface area contributed by atoms with Crippen LogP contribution >= 0.6 is 11.3 Å². The largest absolute Gasteiger partial charge is 0.481 e. The average Bonchev–Trinajstić information content (AvgIpc) is 2.96. The fourth-order valence-corrected chi connectivity index (χ4v) is 2.19. The number of nitrogens with zero attached hydrogens (tertiary/aromatic N) is 4. The van der Waals surface area contributed by atoms with E-state index in [4.69, 9.17) is 5.11 Å². The first-order valence-electron chi connectivity index (χ1n) is 5.85. The van der Waals surface area contributed by atoms with Crippen molar-refractivity contribution in [2.75, 3.05) is 5.32 Å². The van der Waals surface area contributed by atoms with Gasteiger partial charge >= 0.3 is 5.97 Å². The third-order valence-electron chi connectivity index (χ3n) is 2.35. The predicted molar refractivity (Wildman–Crippen MR) is 71.5 cm³/mol. The van der Waals surface area contributed by atoms with Crippen molar-refractivity contribution in [1.82, 2.24) is 20.0 Å². The van der Waals surface area contributed by atoms with Crippen LogP contribution in [0.15, 0.2) is 11.6 Å². The standard InChI is InChI=1S/C11H13N5O3S/c1-7-6-20-11(12-7)13-9(17)5-16-4-8(14-15-16)2-3-10(18)19/h4,6H,2-3,5H2,1H3,(H,18,19)(H,12,13,17). The monoisotopic (exact) mass is 295 g/mol. The lowest BCUT2D eigenvalue weighted by Gasteiger charge is -2.00. The van der Waals surface area contributed by atoms with Crippen LogP contribution in [0.1, 0.15) is 17.8 Å². The normalized spacial score (nSPS) is 10.4.